The molecule has 0 aromatic heterocycles. The van der Waals surface area contributed by atoms with Crippen LogP contribution in [0.5, 0.6) is 0 Å². The first kappa shape index (κ1) is 10.0. The lowest BCUT2D eigenvalue weighted by Gasteiger charge is -2.61. The molecule has 0 aliphatic heterocycles. The SMILES string of the molecule is CCCC1(C)CC(CN)C1(C)C. The first-order valence-electron chi connectivity index (χ1n) is 5.18. The molecule has 12 heavy (non-hydrogen) atoms. The highest BCUT2D eigenvalue weighted by atomic mass is 14.7. The maximum Gasteiger partial charge on any atom is -0.00433 e. The van der Waals surface area contributed by atoms with Gasteiger partial charge in [0.1, 0.15) is 0 Å². The summed E-state index contributed by atoms with van der Waals surface area (Å²) in [7, 11) is 0. The van der Waals surface area contributed by atoms with Crippen LogP contribution in [-0.2, 0) is 0 Å². The third-order valence-electron chi connectivity index (χ3n) is 4.36. The van der Waals surface area contributed by atoms with Gasteiger partial charge in [-0.15, -0.1) is 0 Å². The van der Waals surface area contributed by atoms with Gasteiger partial charge in [-0.2, -0.15) is 0 Å². The highest BCUT2D eigenvalue weighted by Gasteiger charge is 2.54. The molecule has 2 N–H and O–H groups in total. The summed E-state index contributed by atoms with van der Waals surface area (Å²) in [5.74, 6) is 0.758. The second kappa shape index (κ2) is 3.02. The van der Waals surface area contributed by atoms with Crippen molar-refractivity contribution in [3.8, 4) is 0 Å². The van der Waals surface area contributed by atoms with Crippen molar-refractivity contribution in [1.82, 2.24) is 0 Å². The average Bonchev–Trinajstić information content (AvgIpc) is 2.00. The molecule has 0 saturated heterocycles. The molecule has 1 rings (SSSR count). The normalized spacial score (nSPS) is 39.2. The van der Waals surface area contributed by atoms with E-state index in [9.17, 15) is 0 Å². The van der Waals surface area contributed by atoms with E-state index in [2.05, 4.69) is 27.7 Å². The molecule has 1 nitrogen and oxygen atoms in total. The fourth-order valence-corrected chi connectivity index (χ4v) is 2.78. The van der Waals surface area contributed by atoms with Crippen LogP contribution in [0.2, 0.25) is 0 Å². The minimum Gasteiger partial charge on any atom is -0.330 e. The van der Waals surface area contributed by atoms with Gasteiger partial charge in [-0.05, 0) is 36.1 Å². The van der Waals surface area contributed by atoms with E-state index in [0.717, 1.165) is 12.5 Å². The van der Waals surface area contributed by atoms with Crippen molar-refractivity contribution >= 4 is 0 Å². The minimum absolute atomic E-state index is 0.470. The molecule has 0 radical (unpaired) electrons. The third kappa shape index (κ3) is 1.19. The van der Waals surface area contributed by atoms with Crippen LogP contribution in [0.3, 0.4) is 0 Å². The summed E-state index contributed by atoms with van der Waals surface area (Å²) in [6.45, 7) is 10.3. The van der Waals surface area contributed by atoms with Crippen LogP contribution in [0, 0.1) is 16.7 Å². The van der Waals surface area contributed by atoms with Crippen molar-refractivity contribution in [3.63, 3.8) is 0 Å². The molecule has 0 aromatic carbocycles. The van der Waals surface area contributed by atoms with E-state index in [1.165, 1.54) is 19.3 Å². The second-order valence-corrected chi connectivity index (χ2v) is 5.17. The predicted octanol–water partition coefficient (Wildman–Crippen LogP) is 2.80. The lowest BCUT2D eigenvalue weighted by Crippen LogP contribution is -2.55. The fraction of sp³-hybridized carbons (Fsp3) is 1.00. The molecule has 1 aliphatic rings. The van der Waals surface area contributed by atoms with Gasteiger partial charge in [0.2, 0.25) is 0 Å². The number of hydrogen-bond acceptors (Lipinski definition) is 1. The number of rotatable bonds is 3. The smallest absolute Gasteiger partial charge is 0.00433 e. The van der Waals surface area contributed by atoms with E-state index >= 15 is 0 Å². The van der Waals surface area contributed by atoms with Crippen LogP contribution in [0.1, 0.15) is 47.0 Å². The predicted molar refractivity (Wildman–Crippen MR) is 54.0 cm³/mol. The molecule has 2 atom stereocenters. The minimum atomic E-state index is 0.470. The molecule has 1 heteroatoms. The van der Waals surface area contributed by atoms with E-state index < -0.39 is 0 Å². The van der Waals surface area contributed by atoms with Crippen molar-refractivity contribution < 1.29 is 0 Å². The standard InChI is InChI=1S/C11H23N/c1-5-6-11(4)7-9(8-12)10(11,2)3/h9H,5-8,12H2,1-4H3. The Bertz CT molecular complexity index is 160. The Hall–Kier alpha value is -0.0400. The summed E-state index contributed by atoms with van der Waals surface area (Å²) in [6, 6.07) is 0. The highest BCUT2D eigenvalue weighted by molar-refractivity contribution is 5.04. The summed E-state index contributed by atoms with van der Waals surface area (Å²) < 4.78 is 0. The van der Waals surface area contributed by atoms with Crippen LogP contribution in [-0.4, -0.2) is 6.54 Å². The Morgan fingerprint density at radius 3 is 2.25 bits per heavy atom. The molecule has 0 aromatic rings. The van der Waals surface area contributed by atoms with Crippen LogP contribution >= 0.6 is 0 Å². The van der Waals surface area contributed by atoms with E-state index in [0.29, 0.717) is 10.8 Å². The van der Waals surface area contributed by atoms with E-state index in [1.54, 1.807) is 0 Å². The molecule has 0 bridgehead atoms. The summed E-state index contributed by atoms with van der Waals surface area (Å²) >= 11 is 0. The number of nitrogens with two attached hydrogens (primary N) is 1. The highest BCUT2D eigenvalue weighted by Crippen LogP contribution is 2.61. The second-order valence-electron chi connectivity index (χ2n) is 5.17. The van der Waals surface area contributed by atoms with Crippen molar-refractivity contribution in [1.29, 1.82) is 0 Å². The van der Waals surface area contributed by atoms with Crippen molar-refractivity contribution in [2.45, 2.75) is 47.0 Å². The molecular weight excluding hydrogens is 146 g/mol. The van der Waals surface area contributed by atoms with Gasteiger partial charge in [0.25, 0.3) is 0 Å². The van der Waals surface area contributed by atoms with Crippen molar-refractivity contribution in [2.75, 3.05) is 6.54 Å². The van der Waals surface area contributed by atoms with Gasteiger partial charge in [-0.1, -0.05) is 34.1 Å². The zero-order valence-electron chi connectivity index (χ0n) is 8.98. The zero-order chi connectivity index (χ0) is 9.41. The number of hydrogen-bond donors (Lipinski definition) is 1. The van der Waals surface area contributed by atoms with Crippen LogP contribution in [0.15, 0.2) is 0 Å². The molecule has 1 saturated carbocycles. The largest absolute Gasteiger partial charge is 0.330 e. The Morgan fingerprint density at radius 2 is 1.92 bits per heavy atom. The Balaban J connectivity index is 2.62. The molecule has 0 amide bonds. The Kier molecular flexibility index (Phi) is 2.53. The molecule has 0 spiro atoms. The lowest BCUT2D eigenvalue weighted by atomic mass is 9.45. The zero-order valence-corrected chi connectivity index (χ0v) is 8.98. The quantitative estimate of drug-likeness (QED) is 0.690. The van der Waals surface area contributed by atoms with Crippen molar-refractivity contribution in [3.05, 3.63) is 0 Å². The van der Waals surface area contributed by atoms with Crippen molar-refractivity contribution in [2.24, 2.45) is 22.5 Å². The first-order chi connectivity index (χ1) is 5.48. The van der Waals surface area contributed by atoms with Gasteiger partial charge in [0.15, 0.2) is 0 Å². The monoisotopic (exact) mass is 169 g/mol. The summed E-state index contributed by atoms with van der Waals surface area (Å²) in [6.07, 6.45) is 4.00. The van der Waals surface area contributed by atoms with Gasteiger partial charge in [-0.25, -0.2) is 0 Å². The molecule has 2 unspecified atom stereocenters. The van der Waals surface area contributed by atoms with Gasteiger partial charge in [0, 0.05) is 0 Å². The van der Waals surface area contributed by atoms with Crippen LogP contribution in [0.4, 0.5) is 0 Å². The van der Waals surface area contributed by atoms with Crippen LogP contribution < -0.4 is 5.73 Å². The maximum absolute atomic E-state index is 5.73. The van der Waals surface area contributed by atoms with E-state index in [-0.39, 0.29) is 0 Å². The van der Waals surface area contributed by atoms with E-state index in [4.69, 9.17) is 5.73 Å². The molecule has 1 aliphatic carbocycles. The molecular formula is C11H23N. The maximum atomic E-state index is 5.73. The van der Waals surface area contributed by atoms with Crippen LogP contribution in [0.25, 0.3) is 0 Å². The van der Waals surface area contributed by atoms with E-state index in [1.807, 2.05) is 0 Å². The Morgan fingerprint density at radius 1 is 1.33 bits per heavy atom. The summed E-state index contributed by atoms with van der Waals surface area (Å²) in [5, 5.41) is 0. The van der Waals surface area contributed by atoms with Gasteiger partial charge in [0.05, 0.1) is 0 Å². The third-order valence-corrected chi connectivity index (χ3v) is 4.36. The van der Waals surface area contributed by atoms with Gasteiger partial charge in [-0.3, -0.25) is 0 Å². The summed E-state index contributed by atoms with van der Waals surface area (Å²) in [5.41, 5.74) is 6.76. The average molecular weight is 169 g/mol. The lowest BCUT2D eigenvalue weighted by molar-refractivity contribution is -0.108. The molecule has 72 valence electrons. The van der Waals surface area contributed by atoms with Gasteiger partial charge < -0.3 is 5.73 Å². The first-order valence-corrected chi connectivity index (χ1v) is 5.18. The molecule has 1 fully saturated rings. The molecule has 0 heterocycles. The summed E-state index contributed by atoms with van der Waals surface area (Å²) in [4.78, 5) is 0. The topological polar surface area (TPSA) is 26.0 Å². The fourth-order valence-electron chi connectivity index (χ4n) is 2.78. The van der Waals surface area contributed by atoms with Gasteiger partial charge >= 0.3 is 0 Å². The Labute approximate surface area is 76.7 Å².